The van der Waals surface area contributed by atoms with Gasteiger partial charge in [0.2, 0.25) is 5.88 Å². The Morgan fingerprint density at radius 3 is 2.73 bits per heavy atom. The van der Waals surface area contributed by atoms with Crippen molar-refractivity contribution in [1.82, 2.24) is 9.78 Å². The molecule has 0 saturated carbocycles. The number of aromatic nitrogens is 2. The Bertz CT molecular complexity index is 371. The van der Waals surface area contributed by atoms with E-state index >= 15 is 0 Å². The fourth-order valence-electron chi connectivity index (χ4n) is 1.56. The Morgan fingerprint density at radius 1 is 1.67 bits per heavy atom. The number of hydrogen-bond acceptors (Lipinski definition) is 3. The van der Waals surface area contributed by atoms with Gasteiger partial charge in [-0.25, -0.2) is 4.68 Å². The van der Waals surface area contributed by atoms with Gasteiger partial charge in [-0.05, 0) is 13.3 Å². The molecule has 0 amide bonds. The molecule has 0 spiro atoms. The van der Waals surface area contributed by atoms with Crippen molar-refractivity contribution in [3.05, 3.63) is 11.3 Å². The lowest BCUT2D eigenvalue weighted by Crippen LogP contribution is -2.13. The highest BCUT2D eigenvalue weighted by molar-refractivity contribution is 5.70. The maximum Gasteiger partial charge on any atom is 0.306 e. The van der Waals surface area contributed by atoms with Crippen molar-refractivity contribution in [3.8, 4) is 5.88 Å². The minimum atomic E-state index is -0.805. The third-order valence-electron chi connectivity index (χ3n) is 2.41. The van der Waals surface area contributed by atoms with E-state index in [0.717, 1.165) is 11.3 Å². The molecule has 1 rings (SSSR count). The molecule has 0 bridgehead atoms. The van der Waals surface area contributed by atoms with Crippen molar-refractivity contribution in [2.45, 2.75) is 20.3 Å². The summed E-state index contributed by atoms with van der Waals surface area (Å²) < 4.78 is 6.81. The van der Waals surface area contributed by atoms with E-state index in [4.69, 9.17) is 9.84 Å². The van der Waals surface area contributed by atoms with E-state index in [1.807, 2.05) is 6.92 Å². The van der Waals surface area contributed by atoms with E-state index in [1.54, 1.807) is 25.8 Å². The van der Waals surface area contributed by atoms with Gasteiger partial charge in [-0.1, -0.05) is 6.92 Å². The lowest BCUT2D eigenvalue weighted by atomic mass is 10.0. The average molecular weight is 212 g/mol. The molecule has 1 N–H and O–H groups in total. The monoisotopic (exact) mass is 212 g/mol. The number of carboxylic acid groups (broad SMARTS) is 1. The topological polar surface area (TPSA) is 64.3 Å². The minimum absolute atomic E-state index is 0.429. The molecule has 0 aliphatic carbocycles. The van der Waals surface area contributed by atoms with Crippen molar-refractivity contribution in [2.75, 3.05) is 7.11 Å². The third kappa shape index (κ3) is 2.29. The van der Waals surface area contributed by atoms with Crippen molar-refractivity contribution in [2.24, 2.45) is 13.0 Å². The molecule has 1 atom stereocenters. The van der Waals surface area contributed by atoms with Crippen LogP contribution in [0.2, 0.25) is 0 Å². The van der Waals surface area contributed by atoms with Crippen LogP contribution in [0.1, 0.15) is 18.2 Å². The second kappa shape index (κ2) is 4.33. The van der Waals surface area contributed by atoms with Crippen LogP contribution in [0.3, 0.4) is 0 Å². The van der Waals surface area contributed by atoms with Gasteiger partial charge >= 0.3 is 5.97 Å². The Morgan fingerprint density at radius 2 is 2.27 bits per heavy atom. The molecule has 1 heterocycles. The van der Waals surface area contributed by atoms with Crippen LogP contribution < -0.4 is 4.74 Å². The smallest absolute Gasteiger partial charge is 0.306 e. The number of methoxy groups -OCH3 is 1. The number of hydrogen-bond donors (Lipinski definition) is 1. The summed E-state index contributed by atoms with van der Waals surface area (Å²) in [6.07, 6.45) is 0.443. The predicted octanol–water partition coefficient (Wildman–Crippen LogP) is 1.00. The van der Waals surface area contributed by atoms with Gasteiger partial charge < -0.3 is 9.84 Å². The van der Waals surface area contributed by atoms with Crippen molar-refractivity contribution in [3.63, 3.8) is 0 Å². The number of aliphatic carboxylic acids is 1. The highest BCUT2D eigenvalue weighted by Gasteiger charge is 2.19. The summed E-state index contributed by atoms with van der Waals surface area (Å²) in [7, 11) is 3.34. The van der Waals surface area contributed by atoms with Crippen LogP contribution in [0.15, 0.2) is 0 Å². The molecule has 15 heavy (non-hydrogen) atoms. The summed E-state index contributed by atoms with van der Waals surface area (Å²) in [4.78, 5) is 10.8. The first-order valence-corrected chi connectivity index (χ1v) is 4.76. The van der Waals surface area contributed by atoms with Gasteiger partial charge in [0.25, 0.3) is 0 Å². The molecule has 0 radical (unpaired) electrons. The molecule has 1 aromatic rings. The quantitative estimate of drug-likeness (QED) is 0.808. The van der Waals surface area contributed by atoms with E-state index in [0.29, 0.717) is 12.3 Å². The van der Waals surface area contributed by atoms with Crippen LogP contribution in [0.5, 0.6) is 5.88 Å². The van der Waals surface area contributed by atoms with E-state index in [-0.39, 0.29) is 0 Å². The summed E-state index contributed by atoms with van der Waals surface area (Å²) in [5.41, 5.74) is 1.69. The molecule has 0 fully saturated rings. The summed E-state index contributed by atoms with van der Waals surface area (Å²) >= 11 is 0. The lowest BCUT2D eigenvalue weighted by molar-refractivity contribution is -0.141. The first-order valence-electron chi connectivity index (χ1n) is 4.76. The van der Waals surface area contributed by atoms with Crippen molar-refractivity contribution < 1.29 is 14.6 Å². The Balaban J connectivity index is 2.98. The van der Waals surface area contributed by atoms with Gasteiger partial charge in [0.05, 0.1) is 18.7 Å². The normalized spacial score (nSPS) is 12.5. The Labute approximate surface area is 88.7 Å². The van der Waals surface area contributed by atoms with Gasteiger partial charge in [-0.2, -0.15) is 5.10 Å². The summed E-state index contributed by atoms with van der Waals surface area (Å²) in [6, 6.07) is 0. The van der Waals surface area contributed by atoms with Crippen molar-refractivity contribution >= 4 is 5.97 Å². The number of carbonyl (C=O) groups is 1. The molecule has 0 aliphatic heterocycles. The van der Waals surface area contributed by atoms with Crippen LogP contribution in [0, 0.1) is 12.8 Å². The molecule has 0 aromatic carbocycles. The van der Waals surface area contributed by atoms with Crippen LogP contribution in [0.25, 0.3) is 0 Å². The van der Waals surface area contributed by atoms with Gasteiger partial charge in [-0.3, -0.25) is 4.79 Å². The zero-order chi connectivity index (χ0) is 11.6. The zero-order valence-electron chi connectivity index (χ0n) is 9.44. The molecule has 84 valence electrons. The van der Waals surface area contributed by atoms with E-state index in [9.17, 15) is 4.79 Å². The fraction of sp³-hybridized carbons (Fsp3) is 0.600. The fourth-order valence-corrected chi connectivity index (χ4v) is 1.56. The van der Waals surface area contributed by atoms with Gasteiger partial charge in [0, 0.05) is 12.6 Å². The SMILES string of the molecule is COc1c(CC(C)C(=O)O)c(C)nn1C. The number of ether oxygens (including phenoxy) is 1. The van der Waals surface area contributed by atoms with E-state index < -0.39 is 11.9 Å². The largest absolute Gasteiger partial charge is 0.481 e. The maximum atomic E-state index is 10.8. The third-order valence-corrected chi connectivity index (χ3v) is 2.41. The molecule has 5 nitrogen and oxygen atoms in total. The summed E-state index contributed by atoms with van der Waals surface area (Å²) in [6.45, 7) is 3.53. The number of nitrogens with zero attached hydrogens (tertiary/aromatic N) is 2. The second-order valence-electron chi connectivity index (χ2n) is 3.64. The first-order chi connectivity index (χ1) is 6.97. The van der Waals surface area contributed by atoms with Crippen LogP contribution in [-0.2, 0) is 18.3 Å². The van der Waals surface area contributed by atoms with Crippen LogP contribution in [0.4, 0.5) is 0 Å². The molecule has 1 unspecified atom stereocenters. The first kappa shape index (κ1) is 11.6. The summed E-state index contributed by atoms with van der Waals surface area (Å²) in [5.74, 6) is -0.595. The standard InChI is InChI=1S/C10H16N2O3/c1-6(10(13)14)5-8-7(2)11-12(3)9(8)15-4/h6H,5H2,1-4H3,(H,13,14). The van der Waals surface area contributed by atoms with Crippen LogP contribution in [-0.4, -0.2) is 28.0 Å². The minimum Gasteiger partial charge on any atom is -0.481 e. The maximum absolute atomic E-state index is 10.8. The van der Waals surface area contributed by atoms with Crippen LogP contribution >= 0.6 is 0 Å². The van der Waals surface area contributed by atoms with E-state index in [1.165, 1.54) is 0 Å². The molecule has 1 aromatic heterocycles. The van der Waals surface area contributed by atoms with E-state index in [2.05, 4.69) is 5.10 Å². The van der Waals surface area contributed by atoms with Gasteiger partial charge in [-0.15, -0.1) is 0 Å². The van der Waals surface area contributed by atoms with Gasteiger partial charge in [0.1, 0.15) is 0 Å². The molecular formula is C10H16N2O3. The number of rotatable bonds is 4. The highest BCUT2D eigenvalue weighted by atomic mass is 16.5. The highest BCUT2D eigenvalue weighted by Crippen LogP contribution is 2.24. The molecular weight excluding hydrogens is 196 g/mol. The number of aryl methyl sites for hydroxylation is 2. The lowest BCUT2D eigenvalue weighted by Gasteiger charge is -2.07. The predicted molar refractivity (Wildman–Crippen MR) is 55.0 cm³/mol. The molecule has 0 aliphatic rings. The van der Waals surface area contributed by atoms with Crippen molar-refractivity contribution in [1.29, 1.82) is 0 Å². The van der Waals surface area contributed by atoms with Gasteiger partial charge in [0.15, 0.2) is 0 Å². The number of carboxylic acids is 1. The second-order valence-corrected chi connectivity index (χ2v) is 3.64. The Kier molecular flexibility index (Phi) is 3.34. The zero-order valence-corrected chi connectivity index (χ0v) is 9.44. The average Bonchev–Trinajstić information content (AvgIpc) is 2.41. The summed E-state index contributed by atoms with van der Waals surface area (Å²) in [5, 5.41) is 13.0. The Hall–Kier alpha value is -1.52. The molecule has 5 heteroatoms. The molecule has 0 saturated heterocycles.